The van der Waals surface area contributed by atoms with Gasteiger partial charge in [-0.2, -0.15) is 13.2 Å². The van der Waals surface area contributed by atoms with E-state index in [4.69, 9.17) is 14.2 Å². The van der Waals surface area contributed by atoms with Crippen LogP contribution in [-0.4, -0.2) is 25.3 Å². The Kier molecular flexibility index (Phi) is 6.73. The van der Waals surface area contributed by atoms with Gasteiger partial charge in [-0.05, 0) is 53.6 Å². The van der Waals surface area contributed by atoms with E-state index in [1.54, 1.807) is 32.4 Å². The van der Waals surface area contributed by atoms with Crippen molar-refractivity contribution in [1.82, 2.24) is 0 Å². The molecule has 3 rings (SSSR count). The number of rotatable bonds is 6. The van der Waals surface area contributed by atoms with Gasteiger partial charge in [-0.25, -0.2) is 4.79 Å². The molecule has 32 heavy (non-hydrogen) atoms. The summed E-state index contributed by atoms with van der Waals surface area (Å²) in [5.41, 5.74) is 0.240. The lowest BCUT2D eigenvalue weighted by Crippen LogP contribution is -2.10. The van der Waals surface area contributed by atoms with Gasteiger partial charge in [-0.15, -0.1) is 0 Å². The molecule has 0 fully saturated rings. The molecule has 5 nitrogen and oxygen atoms in total. The Labute approximate surface area is 182 Å². The maximum Gasteiger partial charge on any atom is 0.416 e. The molecular weight excluding hydrogens is 425 g/mol. The van der Waals surface area contributed by atoms with E-state index in [1.807, 2.05) is 24.3 Å². The van der Waals surface area contributed by atoms with Gasteiger partial charge in [0.05, 0.1) is 19.8 Å². The van der Waals surface area contributed by atoms with Crippen LogP contribution in [0, 0.1) is 0 Å². The van der Waals surface area contributed by atoms with Gasteiger partial charge < -0.3 is 19.3 Å². The molecule has 3 aromatic rings. The molecule has 0 aliphatic carbocycles. The number of benzene rings is 3. The predicted octanol–water partition coefficient (Wildman–Crippen LogP) is 5.82. The first-order valence-corrected chi connectivity index (χ1v) is 9.33. The first-order valence-electron chi connectivity index (χ1n) is 9.33. The molecule has 0 aliphatic heterocycles. The van der Waals surface area contributed by atoms with E-state index < -0.39 is 23.5 Å². The van der Waals surface area contributed by atoms with Crippen LogP contribution in [0.2, 0.25) is 0 Å². The van der Waals surface area contributed by atoms with Crippen molar-refractivity contribution in [3.05, 3.63) is 82.9 Å². The second kappa shape index (κ2) is 9.47. The minimum atomic E-state index is -4.63. The van der Waals surface area contributed by atoms with Crippen molar-refractivity contribution in [2.75, 3.05) is 14.2 Å². The molecule has 0 radical (unpaired) electrons. The topological polar surface area (TPSA) is 65.0 Å². The van der Waals surface area contributed by atoms with Gasteiger partial charge in [0.15, 0.2) is 0 Å². The minimum Gasteiger partial charge on any atom is -0.507 e. The zero-order valence-corrected chi connectivity index (χ0v) is 17.1. The van der Waals surface area contributed by atoms with E-state index in [0.29, 0.717) is 23.6 Å². The van der Waals surface area contributed by atoms with Crippen LogP contribution in [-0.2, 0) is 6.18 Å². The van der Waals surface area contributed by atoms with Gasteiger partial charge in [0.2, 0.25) is 0 Å². The number of phenols is 1. The van der Waals surface area contributed by atoms with Crippen molar-refractivity contribution in [2.45, 2.75) is 6.18 Å². The van der Waals surface area contributed by atoms with Crippen LogP contribution in [0.1, 0.15) is 27.0 Å². The lowest BCUT2D eigenvalue weighted by Gasteiger charge is -2.10. The average Bonchev–Trinajstić information content (AvgIpc) is 2.77. The Morgan fingerprint density at radius 3 is 1.94 bits per heavy atom. The maximum absolute atomic E-state index is 12.7. The van der Waals surface area contributed by atoms with Crippen LogP contribution in [0.4, 0.5) is 13.2 Å². The lowest BCUT2D eigenvalue weighted by molar-refractivity contribution is -0.137. The number of phenolic OH excluding ortho intramolecular Hbond substituents is 1. The predicted molar refractivity (Wildman–Crippen MR) is 113 cm³/mol. The molecule has 0 aliphatic rings. The lowest BCUT2D eigenvalue weighted by atomic mass is 10.1. The van der Waals surface area contributed by atoms with Crippen molar-refractivity contribution in [2.24, 2.45) is 0 Å². The van der Waals surface area contributed by atoms with Crippen LogP contribution >= 0.6 is 0 Å². The summed E-state index contributed by atoms with van der Waals surface area (Å²) >= 11 is 0. The van der Waals surface area contributed by atoms with E-state index in [9.17, 15) is 23.1 Å². The molecule has 0 saturated heterocycles. The van der Waals surface area contributed by atoms with E-state index in [1.165, 1.54) is 12.1 Å². The first-order chi connectivity index (χ1) is 15.2. The van der Waals surface area contributed by atoms with Gasteiger partial charge >= 0.3 is 12.1 Å². The van der Waals surface area contributed by atoms with Crippen LogP contribution in [0.15, 0.2) is 60.7 Å². The molecule has 0 heterocycles. The molecule has 0 atom stereocenters. The monoisotopic (exact) mass is 444 g/mol. The number of carbonyl (C=O) groups excluding carboxylic acids is 1. The molecular formula is C24H19F3O5. The smallest absolute Gasteiger partial charge is 0.416 e. The van der Waals surface area contributed by atoms with Gasteiger partial charge in [0, 0.05) is 6.07 Å². The Balaban J connectivity index is 1.70. The first kappa shape index (κ1) is 22.7. The number of carbonyl (C=O) groups is 1. The van der Waals surface area contributed by atoms with Crippen molar-refractivity contribution in [1.29, 1.82) is 0 Å². The highest BCUT2D eigenvalue weighted by molar-refractivity contribution is 5.94. The van der Waals surface area contributed by atoms with E-state index in [2.05, 4.69) is 0 Å². The molecule has 166 valence electrons. The summed E-state index contributed by atoms with van der Waals surface area (Å²) in [5.74, 6) is -0.300. The fourth-order valence-corrected chi connectivity index (χ4v) is 2.81. The molecule has 8 heteroatoms. The number of hydrogen-bond acceptors (Lipinski definition) is 5. The van der Waals surface area contributed by atoms with Crippen molar-refractivity contribution >= 4 is 18.1 Å². The molecule has 0 spiro atoms. The average molecular weight is 444 g/mol. The molecule has 0 aromatic heterocycles. The molecule has 1 N–H and O–H groups in total. The zero-order chi connectivity index (χ0) is 23.3. The number of esters is 1. The summed E-state index contributed by atoms with van der Waals surface area (Å²) in [5, 5.41) is 9.77. The summed E-state index contributed by atoms with van der Waals surface area (Å²) in [6.07, 6.45) is -0.937. The fourth-order valence-electron chi connectivity index (χ4n) is 2.81. The third-order valence-electron chi connectivity index (χ3n) is 4.48. The second-order valence-corrected chi connectivity index (χ2v) is 6.67. The van der Waals surface area contributed by atoms with Gasteiger partial charge in [-0.3, -0.25) is 0 Å². The second-order valence-electron chi connectivity index (χ2n) is 6.67. The SMILES string of the molecule is COc1cc(/C=C/c2ccc(OC(=O)c3ccc(C(F)(F)F)cc3O)cc2)cc(OC)c1. The Morgan fingerprint density at radius 2 is 1.41 bits per heavy atom. The molecule has 3 aromatic carbocycles. The number of alkyl halides is 3. The number of ether oxygens (including phenoxy) is 3. The third-order valence-corrected chi connectivity index (χ3v) is 4.48. The van der Waals surface area contributed by atoms with E-state index >= 15 is 0 Å². The van der Waals surface area contributed by atoms with Crippen molar-refractivity contribution in [3.8, 4) is 23.0 Å². The summed E-state index contributed by atoms with van der Waals surface area (Å²) in [6.45, 7) is 0. The molecule has 0 bridgehead atoms. The highest BCUT2D eigenvalue weighted by Crippen LogP contribution is 2.33. The molecule has 0 unspecified atom stereocenters. The normalized spacial score (nSPS) is 11.4. The minimum absolute atomic E-state index is 0.175. The van der Waals surface area contributed by atoms with Gasteiger partial charge in [0.1, 0.15) is 28.6 Å². The standard InChI is InChI=1S/C24H19F3O5/c1-30-19-11-16(12-20(14-19)31-2)4-3-15-5-8-18(9-6-15)32-23(29)21-10-7-17(13-22(21)28)24(25,26)27/h3-14,28H,1-2H3/b4-3+. The number of hydrogen-bond donors (Lipinski definition) is 1. The Bertz CT molecular complexity index is 1110. The maximum atomic E-state index is 12.7. The Morgan fingerprint density at radius 1 is 0.812 bits per heavy atom. The van der Waals surface area contributed by atoms with Gasteiger partial charge in [-0.1, -0.05) is 24.3 Å². The summed E-state index contributed by atoms with van der Waals surface area (Å²) in [7, 11) is 3.12. The zero-order valence-electron chi connectivity index (χ0n) is 17.1. The fraction of sp³-hybridized carbons (Fsp3) is 0.125. The summed E-state index contributed by atoms with van der Waals surface area (Å²) in [6, 6.07) is 14.0. The van der Waals surface area contributed by atoms with Crippen LogP contribution in [0.25, 0.3) is 12.2 Å². The van der Waals surface area contributed by atoms with Crippen molar-refractivity contribution < 1.29 is 37.3 Å². The van der Waals surface area contributed by atoms with Crippen LogP contribution in [0.3, 0.4) is 0 Å². The molecule has 0 saturated carbocycles. The van der Waals surface area contributed by atoms with E-state index in [0.717, 1.165) is 17.2 Å². The highest BCUT2D eigenvalue weighted by atomic mass is 19.4. The van der Waals surface area contributed by atoms with Crippen LogP contribution < -0.4 is 14.2 Å². The number of halogens is 3. The molecule has 0 amide bonds. The quantitative estimate of drug-likeness (QED) is 0.295. The highest BCUT2D eigenvalue weighted by Gasteiger charge is 2.31. The number of aromatic hydroxyl groups is 1. The van der Waals surface area contributed by atoms with Gasteiger partial charge in [0.25, 0.3) is 0 Å². The Hall–Kier alpha value is -3.94. The summed E-state index contributed by atoms with van der Waals surface area (Å²) < 4.78 is 53.7. The summed E-state index contributed by atoms with van der Waals surface area (Å²) in [4.78, 5) is 12.2. The third kappa shape index (κ3) is 5.60. The number of methoxy groups -OCH3 is 2. The van der Waals surface area contributed by atoms with Crippen molar-refractivity contribution in [3.63, 3.8) is 0 Å². The largest absolute Gasteiger partial charge is 0.507 e. The van der Waals surface area contributed by atoms with Crippen LogP contribution in [0.5, 0.6) is 23.0 Å². The van der Waals surface area contributed by atoms with E-state index in [-0.39, 0.29) is 11.3 Å².